The molecule has 1 heterocycles. The fraction of sp³-hybridized carbons (Fsp3) is 0.385. The second-order valence-electron chi connectivity index (χ2n) is 4.23. The maximum absolute atomic E-state index is 6.23. The summed E-state index contributed by atoms with van der Waals surface area (Å²) in [5.74, 6) is 0.805. The van der Waals surface area contributed by atoms with Crippen molar-refractivity contribution < 1.29 is 0 Å². The van der Waals surface area contributed by atoms with E-state index in [4.69, 9.17) is 5.73 Å². The molecule has 0 amide bonds. The summed E-state index contributed by atoms with van der Waals surface area (Å²) in [5, 5.41) is 8.02. The summed E-state index contributed by atoms with van der Waals surface area (Å²) in [5.41, 5.74) is 7.23. The number of aryl methyl sites for hydroxylation is 1. The van der Waals surface area contributed by atoms with E-state index in [2.05, 4.69) is 39.2 Å². The third-order valence-electron chi connectivity index (χ3n) is 2.72. The Morgan fingerprint density at radius 1 is 1.42 bits per heavy atom. The summed E-state index contributed by atoms with van der Waals surface area (Å²) in [6, 6.07) is 8.11. The van der Waals surface area contributed by atoms with E-state index in [-0.39, 0.29) is 6.04 Å². The van der Waals surface area contributed by atoms with Crippen LogP contribution in [0.25, 0.3) is 0 Å². The van der Waals surface area contributed by atoms with Crippen LogP contribution in [-0.2, 0) is 6.54 Å². The molecule has 1 atom stereocenters. The lowest BCUT2D eigenvalue weighted by Crippen LogP contribution is -2.18. The van der Waals surface area contributed by atoms with Crippen molar-refractivity contribution in [2.24, 2.45) is 5.73 Å². The topological polar surface area (TPSA) is 56.7 Å². The molecule has 2 N–H and O–H groups in total. The Morgan fingerprint density at radius 3 is 2.95 bits per heavy atom. The predicted molar refractivity (Wildman–Crippen MR) is 82.1 cm³/mol. The molecule has 0 aliphatic carbocycles. The number of benzene rings is 1. The van der Waals surface area contributed by atoms with Crippen LogP contribution in [0.2, 0.25) is 0 Å². The summed E-state index contributed by atoms with van der Waals surface area (Å²) in [6.07, 6.45) is 2.79. The monoisotopic (exact) mass is 340 g/mol. The molecule has 1 aromatic carbocycles. The Kier molecular flexibility index (Phi) is 5.42. The molecule has 1 unspecified atom stereocenters. The Labute approximate surface area is 125 Å². The van der Waals surface area contributed by atoms with Crippen molar-refractivity contribution in [1.29, 1.82) is 0 Å². The third kappa shape index (κ3) is 3.81. The van der Waals surface area contributed by atoms with Gasteiger partial charge in [-0.25, -0.2) is 4.68 Å². The molecule has 0 aliphatic rings. The third-order valence-corrected chi connectivity index (χ3v) is 4.86. The molecule has 0 bridgehead atoms. The number of aromatic nitrogens is 3. The molecule has 0 aliphatic heterocycles. The van der Waals surface area contributed by atoms with Gasteiger partial charge in [0, 0.05) is 21.7 Å². The number of hydrogen-bond acceptors (Lipinski definition) is 4. The van der Waals surface area contributed by atoms with Crippen LogP contribution in [0.5, 0.6) is 0 Å². The highest BCUT2D eigenvalue weighted by Crippen LogP contribution is 2.29. The number of hydrogen-bond donors (Lipinski definition) is 1. The van der Waals surface area contributed by atoms with E-state index in [0.717, 1.165) is 28.9 Å². The van der Waals surface area contributed by atoms with Gasteiger partial charge in [0.1, 0.15) is 0 Å². The molecule has 0 spiro atoms. The maximum Gasteiger partial charge on any atom is 0.0762 e. The van der Waals surface area contributed by atoms with Gasteiger partial charge in [0.25, 0.3) is 0 Å². The van der Waals surface area contributed by atoms with Gasteiger partial charge in [-0.15, -0.1) is 16.9 Å². The molecule has 102 valence electrons. The minimum Gasteiger partial charge on any atom is -0.322 e. The fourth-order valence-electron chi connectivity index (χ4n) is 1.77. The van der Waals surface area contributed by atoms with E-state index in [1.54, 1.807) is 18.0 Å². The van der Waals surface area contributed by atoms with Gasteiger partial charge >= 0.3 is 0 Å². The Balaban J connectivity index is 1.99. The zero-order chi connectivity index (χ0) is 13.7. The van der Waals surface area contributed by atoms with Crippen molar-refractivity contribution in [3.8, 4) is 0 Å². The van der Waals surface area contributed by atoms with Gasteiger partial charge in [0.05, 0.1) is 17.9 Å². The van der Waals surface area contributed by atoms with Crippen molar-refractivity contribution in [2.45, 2.75) is 30.8 Å². The highest BCUT2D eigenvalue weighted by atomic mass is 79.9. The molecule has 0 fully saturated rings. The maximum atomic E-state index is 6.23. The van der Waals surface area contributed by atoms with Gasteiger partial charge < -0.3 is 5.73 Å². The van der Waals surface area contributed by atoms with Crippen molar-refractivity contribution >= 4 is 27.7 Å². The Bertz CT molecular complexity index is 529. The fourth-order valence-corrected chi connectivity index (χ4v) is 3.30. The molecule has 0 saturated carbocycles. The van der Waals surface area contributed by atoms with Crippen LogP contribution in [0.4, 0.5) is 0 Å². The van der Waals surface area contributed by atoms with Gasteiger partial charge in [0.2, 0.25) is 0 Å². The molecular formula is C13H17BrN4S. The summed E-state index contributed by atoms with van der Waals surface area (Å²) in [4.78, 5) is 1.20. The zero-order valence-corrected chi connectivity index (χ0v) is 13.2. The summed E-state index contributed by atoms with van der Waals surface area (Å²) < 4.78 is 3.00. The van der Waals surface area contributed by atoms with Gasteiger partial charge in [-0.1, -0.05) is 24.3 Å². The molecule has 4 nitrogen and oxygen atoms in total. The lowest BCUT2D eigenvalue weighted by Gasteiger charge is -2.13. The van der Waals surface area contributed by atoms with Crippen molar-refractivity contribution in [2.75, 3.05) is 5.75 Å². The normalized spacial score (nSPS) is 12.6. The first-order valence-electron chi connectivity index (χ1n) is 6.23. The van der Waals surface area contributed by atoms with Crippen LogP contribution >= 0.6 is 27.7 Å². The average molecular weight is 341 g/mol. The SMILES string of the molecule is CCCn1nncc1C(N)CSc1ccccc1Br. The smallest absolute Gasteiger partial charge is 0.0762 e. The van der Waals surface area contributed by atoms with Crippen LogP contribution in [0.3, 0.4) is 0 Å². The molecule has 19 heavy (non-hydrogen) atoms. The highest BCUT2D eigenvalue weighted by Gasteiger charge is 2.13. The number of thioether (sulfide) groups is 1. The summed E-state index contributed by atoms with van der Waals surface area (Å²) in [6.45, 7) is 2.98. The Morgan fingerprint density at radius 2 is 2.21 bits per heavy atom. The molecule has 2 rings (SSSR count). The molecular weight excluding hydrogens is 324 g/mol. The molecule has 2 aromatic rings. The van der Waals surface area contributed by atoms with E-state index < -0.39 is 0 Å². The lowest BCUT2D eigenvalue weighted by atomic mass is 10.2. The van der Waals surface area contributed by atoms with E-state index >= 15 is 0 Å². The number of rotatable bonds is 6. The van der Waals surface area contributed by atoms with E-state index in [1.807, 2.05) is 22.9 Å². The molecule has 0 radical (unpaired) electrons. The number of halogens is 1. The molecule has 0 saturated heterocycles. The van der Waals surface area contributed by atoms with Gasteiger partial charge in [-0.3, -0.25) is 0 Å². The van der Waals surface area contributed by atoms with Crippen LogP contribution in [0.15, 0.2) is 39.8 Å². The first-order chi connectivity index (χ1) is 9.22. The van der Waals surface area contributed by atoms with Crippen molar-refractivity contribution in [3.05, 3.63) is 40.6 Å². The first-order valence-corrected chi connectivity index (χ1v) is 8.01. The van der Waals surface area contributed by atoms with Gasteiger partial charge in [0.15, 0.2) is 0 Å². The Hall–Kier alpha value is -0.850. The van der Waals surface area contributed by atoms with E-state index in [0.29, 0.717) is 0 Å². The summed E-state index contributed by atoms with van der Waals surface area (Å²) >= 11 is 5.28. The van der Waals surface area contributed by atoms with Crippen molar-refractivity contribution in [1.82, 2.24) is 15.0 Å². The van der Waals surface area contributed by atoms with E-state index in [1.165, 1.54) is 4.90 Å². The average Bonchev–Trinajstić information content (AvgIpc) is 2.86. The predicted octanol–water partition coefficient (Wildman–Crippen LogP) is 3.24. The summed E-state index contributed by atoms with van der Waals surface area (Å²) in [7, 11) is 0. The number of nitrogens with zero attached hydrogens (tertiary/aromatic N) is 3. The minimum atomic E-state index is -0.0568. The van der Waals surface area contributed by atoms with Crippen LogP contribution < -0.4 is 5.73 Å². The van der Waals surface area contributed by atoms with Crippen LogP contribution in [-0.4, -0.2) is 20.7 Å². The van der Waals surface area contributed by atoms with Gasteiger partial charge in [-0.2, -0.15) is 0 Å². The molecule has 6 heteroatoms. The molecule has 1 aromatic heterocycles. The van der Waals surface area contributed by atoms with Crippen LogP contribution in [0, 0.1) is 0 Å². The number of nitrogens with two attached hydrogens (primary N) is 1. The second-order valence-corrected chi connectivity index (χ2v) is 6.15. The zero-order valence-electron chi connectivity index (χ0n) is 10.8. The lowest BCUT2D eigenvalue weighted by molar-refractivity contribution is 0.539. The van der Waals surface area contributed by atoms with E-state index in [9.17, 15) is 0 Å². The van der Waals surface area contributed by atoms with Crippen molar-refractivity contribution in [3.63, 3.8) is 0 Å². The van der Waals surface area contributed by atoms with Gasteiger partial charge in [-0.05, 0) is 34.5 Å². The van der Waals surface area contributed by atoms with Crippen LogP contribution in [0.1, 0.15) is 25.1 Å². The quantitative estimate of drug-likeness (QED) is 0.820. The minimum absolute atomic E-state index is 0.0568. The largest absolute Gasteiger partial charge is 0.322 e. The highest BCUT2D eigenvalue weighted by molar-refractivity contribution is 9.10. The standard InChI is InChI=1S/C13H17BrN4S/c1-2-7-18-12(8-16-17-18)11(15)9-19-13-6-4-3-5-10(13)14/h3-6,8,11H,2,7,9,15H2,1H3. The second kappa shape index (κ2) is 7.07. The first kappa shape index (κ1) is 14.6.